The van der Waals surface area contributed by atoms with Gasteiger partial charge in [0.05, 0.1) is 34.6 Å². The van der Waals surface area contributed by atoms with Crippen LogP contribution in [0.25, 0.3) is 11.0 Å². The molecule has 3 aromatic heterocycles. The lowest BCUT2D eigenvalue weighted by Crippen LogP contribution is -2.57. The predicted octanol–water partition coefficient (Wildman–Crippen LogP) is 4.07. The summed E-state index contributed by atoms with van der Waals surface area (Å²) in [6, 6.07) is 21.3. The van der Waals surface area contributed by atoms with E-state index < -0.39 is 0 Å². The molecule has 1 aliphatic heterocycles. The molecule has 1 saturated heterocycles. The molecule has 0 aliphatic carbocycles. The summed E-state index contributed by atoms with van der Waals surface area (Å²) in [5, 5.41) is 18.8. The van der Waals surface area contributed by atoms with E-state index in [1.807, 2.05) is 37.4 Å². The van der Waals surface area contributed by atoms with Crippen LogP contribution in [-0.2, 0) is 7.05 Å². The van der Waals surface area contributed by atoms with Crippen LogP contribution in [0.4, 0.5) is 5.69 Å². The van der Waals surface area contributed by atoms with Crippen molar-refractivity contribution >= 4 is 16.7 Å². The molecule has 1 aromatic carbocycles. The summed E-state index contributed by atoms with van der Waals surface area (Å²) < 4.78 is 1.57. The van der Waals surface area contributed by atoms with E-state index in [0.717, 1.165) is 29.1 Å². The van der Waals surface area contributed by atoms with Crippen LogP contribution in [0.15, 0.2) is 65.6 Å². The van der Waals surface area contributed by atoms with Crippen LogP contribution in [0.3, 0.4) is 0 Å². The monoisotopic (exact) mass is 503 g/mol. The minimum Gasteiger partial charge on any atom is -0.364 e. The van der Waals surface area contributed by atoms with Crippen molar-refractivity contribution in [1.29, 1.82) is 10.5 Å². The molecule has 0 amide bonds. The van der Waals surface area contributed by atoms with Crippen molar-refractivity contribution in [3.05, 3.63) is 99.2 Å². The highest BCUT2D eigenvalue weighted by Gasteiger charge is 2.36. The molecule has 8 nitrogen and oxygen atoms in total. The number of benzene rings is 1. The normalized spacial score (nSPS) is 18.6. The Kier molecular flexibility index (Phi) is 6.67. The zero-order valence-electron chi connectivity index (χ0n) is 22.0. The minimum absolute atomic E-state index is 0.0559. The van der Waals surface area contributed by atoms with E-state index in [1.54, 1.807) is 29.8 Å². The number of aromatic nitrogens is 3. The summed E-state index contributed by atoms with van der Waals surface area (Å²) >= 11 is 0. The maximum absolute atomic E-state index is 12.9. The van der Waals surface area contributed by atoms with Crippen LogP contribution in [0.1, 0.15) is 48.0 Å². The number of hydrogen-bond donors (Lipinski definition) is 0. The van der Waals surface area contributed by atoms with Gasteiger partial charge in [-0.2, -0.15) is 10.5 Å². The molecule has 190 valence electrons. The fraction of sp³-hybridized carbons (Fsp3) is 0.300. The molecule has 4 heterocycles. The van der Waals surface area contributed by atoms with Crippen molar-refractivity contribution in [2.24, 2.45) is 7.05 Å². The Morgan fingerprint density at radius 2 is 1.74 bits per heavy atom. The molecule has 1 aliphatic rings. The number of pyridine rings is 3. The van der Waals surface area contributed by atoms with Gasteiger partial charge in [0.25, 0.3) is 5.56 Å². The smallest absolute Gasteiger partial charge is 0.252 e. The standard InChI is InChI=1S/C30H29N7O/c1-19-5-11-25(33-16-19)30(23-8-6-22(14-31)7-9-23)37-18-20(2)36(17-21(37)3)27-13-28(38)35(4)26-12-10-24(15-32)34-29(26)27/h5-13,16,20-21,30H,17-18H2,1-4H3/t20-,21+,30?/m0/s1. The van der Waals surface area contributed by atoms with Crippen molar-refractivity contribution in [1.82, 2.24) is 19.4 Å². The third kappa shape index (κ3) is 4.51. The SMILES string of the molecule is Cc1ccc(C(c2ccc(C#N)cc2)N2C[C@H](C)N(c3cc(=O)n(C)c4ccc(C#N)nc34)C[C@H]2C)nc1. The van der Waals surface area contributed by atoms with Crippen molar-refractivity contribution in [3.8, 4) is 12.1 Å². The number of hydrogen-bond acceptors (Lipinski definition) is 7. The van der Waals surface area contributed by atoms with Gasteiger partial charge in [-0.25, -0.2) is 4.98 Å². The molecule has 0 bridgehead atoms. The van der Waals surface area contributed by atoms with Crippen LogP contribution in [0.2, 0.25) is 0 Å². The molecule has 1 unspecified atom stereocenters. The molecule has 0 radical (unpaired) electrons. The van der Waals surface area contributed by atoms with Gasteiger partial charge in [-0.05, 0) is 62.2 Å². The van der Waals surface area contributed by atoms with Gasteiger partial charge in [0.15, 0.2) is 0 Å². The first kappa shape index (κ1) is 25.1. The highest BCUT2D eigenvalue weighted by Crippen LogP contribution is 2.35. The summed E-state index contributed by atoms with van der Waals surface area (Å²) in [7, 11) is 1.73. The van der Waals surface area contributed by atoms with Crippen LogP contribution >= 0.6 is 0 Å². The molecule has 8 heteroatoms. The van der Waals surface area contributed by atoms with Crippen LogP contribution in [0.5, 0.6) is 0 Å². The molecule has 0 N–H and O–H groups in total. The van der Waals surface area contributed by atoms with Gasteiger partial charge in [0.2, 0.25) is 0 Å². The second-order valence-electron chi connectivity index (χ2n) is 10.0. The lowest BCUT2D eigenvalue weighted by molar-refractivity contribution is 0.128. The highest BCUT2D eigenvalue weighted by molar-refractivity contribution is 5.89. The van der Waals surface area contributed by atoms with E-state index in [1.165, 1.54) is 0 Å². The maximum atomic E-state index is 12.9. The highest BCUT2D eigenvalue weighted by atomic mass is 16.1. The van der Waals surface area contributed by atoms with Gasteiger partial charge in [-0.15, -0.1) is 0 Å². The Hall–Kier alpha value is -4.53. The molecule has 0 saturated carbocycles. The van der Waals surface area contributed by atoms with Crippen molar-refractivity contribution in [3.63, 3.8) is 0 Å². The summed E-state index contributed by atoms with van der Waals surface area (Å²) in [5.74, 6) is 0. The number of nitrogens with zero attached hydrogens (tertiary/aromatic N) is 7. The lowest BCUT2D eigenvalue weighted by atomic mass is 9.95. The largest absolute Gasteiger partial charge is 0.364 e. The second-order valence-corrected chi connectivity index (χ2v) is 10.0. The second kappa shape index (κ2) is 10.1. The summed E-state index contributed by atoms with van der Waals surface area (Å²) in [4.78, 5) is 26.9. The molecule has 0 spiro atoms. The van der Waals surface area contributed by atoms with Crippen LogP contribution in [-0.4, -0.2) is 44.6 Å². The Balaban J connectivity index is 1.55. The summed E-state index contributed by atoms with van der Waals surface area (Å²) in [6.07, 6.45) is 1.89. The van der Waals surface area contributed by atoms with Crippen molar-refractivity contribution in [2.75, 3.05) is 18.0 Å². The topological polar surface area (TPSA) is 102 Å². The minimum atomic E-state index is -0.111. The number of aryl methyl sites for hydroxylation is 2. The van der Waals surface area contributed by atoms with Crippen LogP contribution in [0, 0.1) is 29.6 Å². The molecule has 3 atom stereocenters. The number of nitriles is 2. The van der Waals surface area contributed by atoms with E-state index in [4.69, 9.17) is 4.98 Å². The average Bonchev–Trinajstić information content (AvgIpc) is 2.93. The van der Waals surface area contributed by atoms with Gasteiger partial charge in [0, 0.05) is 44.5 Å². The van der Waals surface area contributed by atoms with Crippen LogP contribution < -0.4 is 10.5 Å². The van der Waals surface area contributed by atoms with Gasteiger partial charge >= 0.3 is 0 Å². The number of piperazine rings is 1. The predicted molar refractivity (Wildman–Crippen MR) is 147 cm³/mol. The number of rotatable bonds is 4. The van der Waals surface area contributed by atoms with E-state index >= 15 is 0 Å². The van der Waals surface area contributed by atoms with E-state index in [9.17, 15) is 15.3 Å². The quantitative estimate of drug-likeness (QED) is 0.414. The van der Waals surface area contributed by atoms with Crippen molar-refractivity contribution < 1.29 is 0 Å². The third-order valence-corrected chi connectivity index (χ3v) is 7.43. The maximum Gasteiger partial charge on any atom is 0.252 e. The Labute approximate surface area is 222 Å². The zero-order valence-corrected chi connectivity index (χ0v) is 22.0. The average molecular weight is 504 g/mol. The van der Waals surface area contributed by atoms with Crippen molar-refractivity contribution in [2.45, 2.75) is 38.9 Å². The summed E-state index contributed by atoms with van der Waals surface area (Å²) in [6.45, 7) is 7.74. The fourth-order valence-electron chi connectivity index (χ4n) is 5.35. The fourth-order valence-corrected chi connectivity index (χ4v) is 5.35. The van der Waals surface area contributed by atoms with E-state index in [2.05, 4.69) is 52.9 Å². The van der Waals surface area contributed by atoms with E-state index in [-0.39, 0.29) is 23.7 Å². The number of anilines is 1. The molecule has 5 rings (SSSR count). The van der Waals surface area contributed by atoms with Gasteiger partial charge in [-0.3, -0.25) is 14.7 Å². The first-order valence-corrected chi connectivity index (χ1v) is 12.7. The number of fused-ring (bicyclic) bond motifs is 1. The lowest BCUT2D eigenvalue weighted by Gasteiger charge is -2.48. The zero-order chi connectivity index (χ0) is 27.0. The molecule has 4 aromatic rings. The van der Waals surface area contributed by atoms with Gasteiger partial charge < -0.3 is 9.47 Å². The Bertz CT molecular complexity index is 1630. The molecule has 1 fully saturated rings. The Morgan fingerprint density at radius 3 is 2.39 bits per heavy atom. The third-order valence-electron chi connectivity index (χ3n) is 7.43. The molecule has 38 heavy (non-hydrogen) atoms. The van der Waals surface area contributed by atoms with E-state index in [0.29, 0.717) is 28.8 Å². The van der Waals surface area contributed by atoms with Gasteiger partial charge in [0.1, 0.15) is 17.3 Å². The first-order chi connectivity index (χ1) is 18.3. The first-order valence-electron chi connectivity index (χ1n) is 12.7. The molecular weight excluding hydrogens is 474 g/mol. The van der Waals surface area contributed by atoms with Gasteiger partial charge in [-0.1, -0.05) is 18.2 Å². The summed E-state index contributed by atoms with van der Waals surface area (Å²) in [5.41, 5.74) is 6.07. The molecular formula is C30H29N7O. The Morgan fingerprint density at radius 1 is 0.974 bits per heavy atom.